The lowest BCUT2D eigenvalue weighted by Gasteiger charge is -2.02. The first-order chi connectivity index (χ1) is 8.91. The third kappa shape index (κ3) is 1.36. The summed E-state index contributed by atoms with van der Waals surface area (Å²) in [5.74, 6) is -3.39. The van der Waals surface area contributed by atoms with Crippen LogP contribution in [0.3, 0.4) is 0 Å². The third-order valence-electron chi connectivity index (χ3n) is 2.91. The third-order valence-corrected chi connectivity index (χ3v) is 4.14. The molecule has 0 saturated heterocycles. The number of benzene rings is 2. The largest absolute Gasteiger partial charge is 0.504 e. The van der Waals surface area contributed by atoms with Gasteiger partial charge in [0.05, 0.1) is 9.40 Å². The molecule has 6 N–H and O–H groups in total. The monoisotopic (exact) mass is 280 g/mol. The second-order valence-corrected chi connectivity index (χ2v) is 5.06. The van der Waals surface area contributed by atoms with Crippen LogP contribution in [0.15, 0.2) is 12.1 Å². The number of aromatic hydroxyl groups is 6. The zero-order valence-corrected chi connectivity index (χ0v) is 10.1. The quantitative estimate of drug-likeness (QED) is 0.351. The van der Waals surface area contributed by atoms with E-state index in [1.54, 1.807) is 0 Å². The zero-order chi connectivity index (χ0) is 13.9. The Morgan fingerprint density at radius 2 is 0.947 bits per heavy atom. The zero-order valence-electron chi connectivity index (χ0n) is 9.25. The summed E-state index contributed by atoms with van der Waals surface area (Å²) in [6.45, 7) is 0. The minimum absolute atomic E-state index is 0.227. The molecular formula is C12H8O6S. The van der Waals surface area contributed by atoms with Crippen LogP contribution in [0, 0.1) is 0 Å². The summed E-state index contributed by atoms with van der Waals surface area (Å²) in [6.07, 6.45) is 0. The van der Waals surface area contributed by atoms with Crippen molar-refractivity contribution < 1.29 is 30.6 Å². The molecule has 1 heterocycles. The molecule has 0 aliphatic heterocycles. The van der Waals surface area contributed by atoms with Crippen molar-refractivity contribution in [2.75, 3.05) is 0 Å². The number of phenolic OH excluding ortho intramolecular Hbond substituents is 6. The Morgan fingerprint density at radius 1 is 0.579 bits per heavy atom. The van der Waals surface area contributed by atoms with Crippen molar-refractivity contribution >= 4 is 31.5 Å². The van der Waals surface area contributed by atoms with E-state index in [-0.39, 0.29) is 9.40 Å². The van der Waals surface area contributed by atoms with Gasteiger partial charge >= 0.3 is 0 Å². The molecular weight excluding hydrogens is 272 g/mol. The van der Waals surface area contributed by atoms with Crippen LogP contribution >= 0.6 is 11.3 Å². The maximum Gasteiger partial charge on any atom is 0.201 e. The summed E-state index contributed by atoms with van der Waals surface area (Å²) in [4.78, 5) is 0. The van der Waals surface area contributed by atoms with Crippen LogP contribution in [0.5, 0.6) is 34.5 Å². The Bertz CT molecular complexity index is 767. The minimum atomic E-state index is -0.660. The Kier molecular flexibility index (Phi) is 2.12. The predicted molar refractivity (Wildman–Crippen MR) is 69.3 cm³/mol. The predicted octanol–water partition coefficient (Wildman–Crippen LogP) is 2.29. The van der Waals surface area contributed by atoms with Gasteiger partial charge in [-0.25, -0.2) is 0 Å². The summed E-state index contributed by atoms with van der Waals surface area (Å²) >= 11 is 0.918. The van der Waals surface area contributed by atoms with E-state index in [1.165, 1.54) is 12.1 Å². The van der Waals surface area contributed by atoms with Gasteiger partial charge in [0.1, 0.15) is 0 Å². The average molecular weight is 280 g/mol. The smallest absolute Gasteiger partial charge is 0.201 e. The van der Waals surface area contributed by atoms with Crippen LogP contribution in [-0.4, -0.2) is 30.6 Å². The van der Waals surface area contributed by atoms with Gasteiger partial charge in [-0.3, -0.25) is 0 Å². The van der Waals surface area contributed by atoms with E-state index in [0.717, 1.165) is 11.3 Å². The van der Waals surface area contributed by atoms with Gasteiger partial charge in [-0.2, -0.15) is 0 Å². The number of phenols is 6. The van der Waals surface area contributed by atoms with Gasteiger partial charge < -0.3 is 30.6 Å². The molecule has 19 heavy (non-hydrogen) atoms. The number of hydrogen-bond acceptors (Lipinski definition) is 7. The molecule has 0 fully saturated rings. The molecule has 0 unspecified atom stereocenters. The van der Waals surface area contributed by atoms with Crippen molar-refractivity contribution in [1.29, 1.82) is 0 Å². The van der Waals surface area contributed by atoms with Crippen molar-refractivity contribution in [2.45, 2.75) is 0 Å². The molecule has 98 valence electrons. The number of thiophene rings is 1. The van der Waals surface area contributed by atoms with Crippen LogP contribution in [0.1, 0.15) is 0 Å². The van der Waals surface area contributed by atoms with Crippen molar-refractivity contribution in [3.63, 3.8) is 0 Å². The standard InChI is InChI=1S/C12H8O6S/c13-5-1-3-4-2-6(14)8(16)10(18)12(4)19-11(3)9(17)7(5)15/h1-2,13-18H. The van der Waals surface area contributed by atoms with Gasteiger partial charge in [-0.05, 0) is 12.1 Å². The first-order valence-electron chi connectivity index (χ1n) is 5.15. The van der Waals surface area contributed by atoms with E-state index in [0.29, 0.717) is 10.8 Å². The van der Waals surface area contributed by atoms with Gasteiger partial charge in [0.25, 0.3) is 0 Å². The first kappa shape index (κ1) is 11.5. The molecule has 0 spiro atoms. The Labute approximate surface area is 109 Å². The van der Waals surface area contributed by atoms with Gasteiger partial charge in [0.2, 0.25) is 11.5 Å². The van der Waals surface area contributed by atoms with Crippen LogP contribution in [0.2, 0.25) is 0 Å². The molecule has 0 atom stereocenters. The number of hydrogen-bond donors (Lipinski definition) is 6. The maximum atomic E-state index is 9.76. The lowest BCUT2D eigenvalue weighted by Crippen LogP contribution is -1.74. The van der Waals surface area contributed by atoms with Gasteiger partial charge in [-0.15, -0.1) is 11.3 Å². The molecule has 0 amide bonds. The Morgan fingerprint density at radius 3 is 1.32 bits per heavy atom. The minimum Gasteiger partial charge on any atom is -0.504 e. The normalized spacial score (nSPS) is 11.4. The average Bonchev–Trinajstić information content (AvgIpc) is 2.73. The number of fused-ring (bicyclic) bond motifs is 3. The summed E-state index contributed by atoms with van der Waals surface area (Å²) < 4.78 is 0.455. The summed E-state index contributed by atoms with van der Waals surface area (Å²) in [6, 6.07) is 2.41. The molecule has 2 aromatic carbocycles. The highest BCUT2D eigenvalue weighted by Crippen LogP contribution is 2.52. The molecule has 3 rings (SSSR count). The fourth-order valence-electron chi connectivity index (χ4n) is 1.96. The second-order valence-electron chi connectivity index (χ2n) is 4.04. The van der Waals surface area contributed by atoms with Gasteiger partial charge in [-0.1, -0.05) is 0 Å². The number of rotatable bonds is 0. The summed E-state index contributed by atoms with van der Waals surface area (Å²) in [5, 5.41) is 58.1. The van der Waals surface area contributed by atoms with Crippen LogP contribution in [0.25, 0.3) is 20.2 Å². The van der Waals surface area contributed by atoms with Crippen molar-refractivity contribution in [3.05, 3.63) is 12.1 Å². The highest BCUT2D eigenvalue weighted by atomic mass is 32.1. The van der Waals surface area contributed by atoms with Crippen molar-refractivity contribution in [1.82, 2.24) is 0 Å². The van der Waals surface area contributed by atoms with Crippen LogP contribution in [0.4, 0.5) is 0 Å². The summed E-state index contributed by atoms with van der Waals surface area (Å²) in [7, 11) is 0. The lowest BCUT2D eigenvalue weighted by atomic mass is 10.1. The molecule has 1 aromatic heterocycles. The fraction of sp³-hybridized carbons (Fsp3) is 0. The first-order valence-corrected chi connectivity index (χ1v) is 5.97. The van der Waals surface area contributed by atoms with Crippen LogP contribution < -0.4 is 0 Å². The van der Waals surface area contributed by atoms with E-state index < -0.39 is 34.5 Å². The van der Waals surface area contributed by atoms with Gasteiger partial charge in [0.15, 0.2) is 23.0 Å². The highest BCUT2D eigenvalue weighted by Gasteiger charge is 2.20. The Hall–Kier alpha value is -2.54. The summed E-state index contributed by atoms with van der Waals surface area (Å²) in [5.41, 5.74) is 0. The molecule has 3 aromatic rings. The molecule has 0 aliphatic rings. The molecule has 0 aliphatic carbocycles. The van der Waals surface area contributed by atoms with E-state index >= 15 is 0 Å². The second kappa shape index (κ2) is 3.48. The van der Waals surface area contributed by atoms with E-state index in [4.69, 9.17) is 0 Å². The lowest BCUT2D eigenvalue weighted by molar-refractivity contribution is 0.371. The SMILES string of the molecule is Oc1cc2c(sc3c(O)c(O)c(O)cc32)c(O)c1O. The van der Waals surface area contributed by atoms with E-state index in [2.05, 4.69) is 0 Å². The molecule has 0 saturated carbocycles. The molecule has 0 bridgehead atoms. The van der Waals surface area contributed by atoms with Crippen molar-refractivity contribution in [3.8, 4) is 34.5 Å². The Balaban J connectivity index is 2.61. The molecule has 6 nitrogen and oxygen atoms in total. The topological polar surface area (TPSA) is 121 Å². The highest BCUT2D eigenvalue weighted by molar-refractivity contribution is 7.26. The van der Waals surface area contributed by atoms with E-state index in [9.17, 15) is 30.6 Å². The molecule has 7 heteroatoms. The van der Waals surface area contributed by atoms with Crippen molar-refractivity contribution in [2.24, 2.45) is 0 Å². The fourth-order valence-corrected chi connectivity index (χ4v) is 3.11. The maximum absolute atomic E-state index is 9.76. The van der Waals surface area contributed by atoms with Gasteiger partial charge in [0, 0.05) is 10.8 Å². The van der Waals surface area contributed by atoms with E-state index in [1.807, 2.05) is 0 Å². The van der Waals surface area contributed by atoms with Crippen LogP contribution in [-0.2, 0) is 0 Å². The molecule has 0 radical (unpaired) electrons.